The SMILES string of the molecule is CC(c1ccccc1Cl)c1ccccc1Cl. The van der Waals surface area contributed by atoms with Crippen LogP contribution in [0.3, 0.4) is 0 Å². The molecule has 2 aromatic carbocycles. The van der Waals surface area contributed by atoms with Crippen molar-refractivity contribution < 1.29 is 0 Å². The summed E-state index contributed by atoms with van der Waals surface area (Å²) in [4.78, 5) is 0. The van der Waals surface area contributed by atoms with Gasteiger partial charge in [0.15, 0.2) is 0 Å². The Morgan fingerprint density at radius 1 is 0.750 bits per heavy atom. The summed E-state index contributed by atoms with van der Waals surface area (Å²) in [6.07, 6.45) is 0. The summed E-state index contributed by atoms with van der Waals surface area (Å²) in [7, 11) is 0. The van der Waals surface area contributed by atoms with Crippen molar-refractivity contribution >= 4 is 23.2 Å². The second-order valence-electron chi connectivity index (χ2n) is 3.76. The van der Waals surface area contributed by atoms with Gasteiger partial charge in [-0.15, -0.1) is 0 Å². The Bertz CT molecular complexity index is 446. The van der Waals surface area contributed by atoms with Crippen LogP contribution in [0.25, 0.3) is 0 Å². The molecule has 0 aromatic heterocycles. The lowest BCUT2D eigenvalue weighted by Crippen LogP contribution is -1.97. The fourth-order valence-corrected chi connectivity index (χ4v) is 2.42. The number of rotatable bonds is 2. The smallest absolute Gasteiger partial charge is 0.0444 e. The number of hydrogen-bond acceptors (Lipinski definition) is 0. The first-order valence-corrected chi connectivity index (χ1v) is 5.94. The van der Waals surface area contributed by atoms with Crippen LogP contribution in [0.15, 0.2) is 48.5 Å². The fraction of sp³-hybridized carbons (Fsp3) is 0.143. The van der Waals surface area contributed by atoms with E-state index in [1.807, 2.05) is 48.5 Å². The second-order valence-corrected chi connectivity index (χ2v) is 4.58. The second kappa shape index (κ2) is 4.90. The predicted molar refractivity (Wildman–Crippen MR) is 70.4 cm³/mol. The Hall–Kier alpha value is -0.980. The lowest BCUT2D eigenvalue weighted by atomic mass is 9.93. The molecule has 0 atom stereocenters. The molecule has 0 fully saturated rings. The molecule has 0 aliphatic heterocycles. The quantitative estimate of drug-likeness (QED) is 0.692. The molecule has 2 aromatic rings. The van der Waals surface area contributed by atoms with Gasteiger partial charge in [0, 0.05) is 16.0 Å². The van der Waals surface area contributed by atoms with Crippen LogP contribution in [-0.2, 0) is 0 Å². The molecule has 0 saturated heterocycles. The number of benzene rings is 2. The molecule has 16 heavy (non-hydrogen) atoms. The van der Waals surface area contributed by atoms with Crippen molar-refractivity contribution in [3.63, 3.8) is 0 Å². The first-order valence-electron chi connectivity index (χ1n) is 5.19. The zero-order chi connectivity index (χ0) is 11.5. The van der Waals surface area contributed by atoms with E-state index in [2.05, 4.69) is 6.92 Å². The third kappa shape index (κ3) is 2.23. The van der Waals surface area contributed by atoms with Gasteiger partial charge in [-0.1, -0.05) is 66.5 Å². The molecule has 2 rings (SSSR count). The molecule has 0 bridgehead atoms. The van der Waals surface area contributed by atoms with E-state index in [9.17, 15) is 0 Å². The zero-order valence-electron chi connectivity index (χ0n) is 8.95. The van der Waals surface area contributed by atoms with Crippen LogP contribution in [0.4, 0.5) is 0 Å². The highest BCUT2D eigenvalue weighted by Gasteiger charge is 2.13. The van der Waals surface area contributed by atoms with E-state index < -0.39 is 0 Å². The van der Waals surface area contributed by atoms with Crippen molar-refractivity contribution in [2.45, 2.75) is 12.8 Å². The minimum absolute atomic E-state index is 0.211. The number of halogens is 2. The highest BCUT2D eigenvalue weighted by Crippen LogP contribution is 2.33. The summed E-state index contributed by atoms with van der Waals surface area (Å²) in [5, 5.41) is 1.57. The maximum absolute atomic E-state index is 6.18. The number of hydrogen-bond donors (Lipinski definition) is 0. The summed E-state index contributed by atoms with van der Waals surface area (Å²) < 4.78 is 0. The van der Waals surface area contributed by atoms with Crippen molar-refractivity contribution in [3.8, 4) is 0 Å². The van der Waals surface area contributed by atoms with E-state index in [1.54, 1.807) is 0 Å². The molecule has 0 saturated carbocycles. The van der Waals surface area contributed by atoms with Gasteiger partial charge < -0.3 is 0 Å². The van der Waals surface area contributed by atoms with E-state index in [-0.39, 0.29) is 5.92 Å². The van der Waals surface area contributed by atoms with Crippen molar-refractivity contribution in [1.82, 2.24) is 0 Å². The van der Waals surface area contributed by atoms with Crippen LogP contribution in [-0.4, -0.2) is 0 Å². The molecule has 0 amide bonds. The molecule has 0 aliphatic carbocycles. The van der Waals surface area contributed by atoms with Gasteiger partial charge in [-0.05, 0) is 23.3 Å². The van der Waals surface area contributed by atoms with Crippen molar-refractivity contribution in [2.75, 3.05) is 0 Å². The summed E-state index contributed by atoms with van der Waals surface area (Å²) in [6, 6.07) is 15.8. The summed E-state index contributed by atoms with van der Waals surface area (Å²) in [5.41, 5.74) is 2.22. The van der Waals surface area contributed by atoms with E-state index >= 15 is 0 Å². The Balaban J connectivity index is 2.44. The van der Waals surface area contributed by atoms with Crippen LogP contribution < -0.4 is 0 Å². The van der Waals surface area contributed by atoms with Crippen LogP contribution in [0.2, 0.25) is 10.0 Å². The van der Waals surface area contributed by atoms with E-state index in [1.165, 1.54) is 0 Å². The van der Waals surface area contributed by atoms with Gasteiger partial charge in [0.2, 0.25) is 0 Å². The molecular weight excluding hydrogens is 239 g/mol. The van der Waals surface area contributed by atoms with Crippen LogP contribution in [0.5, 0.6) is 0 Å². The van der Waals surface area contributed by atoms with Gasteiger partial charge in [0.1, 0.15) is 0 Å². The lowest BCUT2D eigenvalue weighted by Gasteiger charge is -2.15. The topological polar surface area (TPSA) is 0 Å². The summed E-state index contributed by atoms with van der Waals surface area (Å²) >= 11 is 12.4. The molecule has 0 heterocycles. The van der Waals surface area contributed by atoms with E-state index in [0.717, 1.165) is 21.2 Å². The highest BCUT2D eigenvalue weighted by atomic mass is 35.5. The average molecular weight is 251 g/mol. The lowest BCUT2D eigenvalue weighted by molar-refractivity contribution is 0.923. The molecule has 0 N–H and O–H groups in total. The molecular formula is C14H12Cl2. The third-order valence-electron chi connectivity index (χ3n) is 2.74. The zero-order valence-corrected chi connectivity index (χ0v) is 10.5. The fourth-order valence-electron chi connectivity index (χ4n) is 1.82. The Morgan fingerprint density at radius 2 is 1.12 bits per heavy atom. The summed E-state index contributed by atoms with van der Waals surface area (Å²) in [5.74, 6) is 0.211. The standard InChI is InChI=1S/C14H12Cl2/c1-10(11-6-2-4-8-13(11)15)12-7-3-5-9-14(12)16/h2-10H,1H3. The molecule has 82 valence electrons. The normalized spacial score (nSPS) is 10.8. The minimum atomic E-state index is 0.211. The first-order chi connectivity index (χ1) is 7.70. The van der Waals surface area contributed by atoms with Gasteiger partial charge in [0.05, 0.1) is 0 Å². The first kappa shape index (κ1) is 11.5. The largest absolute Gasteiger partial charge is 0.0840 e. The van der Waals surface area contributed by atoms with Gasteiger partial charge in [0.25, 0.3) is 0 Å². The predicted octanol–water partition coefficient (Wildman–Crippen LogP) is 5.15. The molecule has 2 heteroatoms. The van der Waals surface area contributed by atoms with Crippen LogP contribution in [0.1, 0.15) is 24.0 Å². The third-order valence-corrected chi connectivity index (χ3v) is 3.43. The Labute approximate surface area is 106 Å². The van der Waals surface area contributed by atoms with Gasteiger partial charge in [-0.25, -0.2) is 0 Å². The molecule has 0 nitrogen and oxygen atoms in total. The maximum atomic E-state index is 6.18. The van der Waals surface area contributed by atoms with Crippen molar-refractivity contribution in [2.24, 2.45) is 0 Å². The molecule has 0 spiro atoms. The van der Waals surface area contributed by atoms with Crippen LogP contribution >= 0.6 is 23.2 Å². The maximum Gasteiger partial charge on any atom is 0.0444 e. The van der Waals surface area contributed by atoms with Crippen molar-refractivity contribution in [1.29, 1.82) is 0 Å². The van der Waals surface area contributed by atoms with E-state index in [0.29, 0.717) is 0 Å². The monoisotopic (exact) mass is 250 g/mol. The molecule has 0 radical (unpaired) electrons. The van der Waals surface area contributed by atoms with Gasteiger partial charge in [-0.2, -0.15) is 0 Å². The van der Waals surface area contributed by atoms with Crippen LogP contribution in [0, 0.1) is 0 Å². The molecule has 0 unspecified atom stereocenters. The molecule has 0 aliphatic rings. The highest BCUT2D eigenvalue weighted by molar-refractivity contribution is 6.32. The Kier molecular flexibility index (Phi) is 3.52. The van der Waals surface area contributed by atoms with E-state index in [4.69, 9.17) is 23.2 Å². The van der Waals surface area contributed by atoms with Gasteiger partial charge in [-0.3, -0.25) is 0 Å². The summed E-state index contributed by atoms with van der Waals surface area (Å²) in [6.45, 7) is 2.11. The Morgan fingerprint density at radius 3 is 1.50 bits per heavy atom. The average Bonchev–Trinajstić information content (AvgIpc) is 2.29. The minimum Gasteiger partial charge on any atom is -0.0840 e. The van der Waals surface area contributed by atoms with Crippen molar-refractivity contribution in [3.05, 3.63) is 69.7 Å². The van der Waals surface area contributed by atoms with Gasteiger partial charge >= 0.3 is 0 Å².